The predicted molar refractivity (Wildman–Crippen MR) is 84.8 cm³/mol. The van der Waals surface area contributed by atoms with Crippen molar-refractivity contribution >= 4 is 39.6 Å². The Balaban J connectivity index is 1.79. The lowest BCUT2D eigenvalue weighted by Gasteiger charge is -2.21. The number of rotatable bonds is 3. The maximum absolute atomic E-state index is 12.3. The highest BCUT2D eigenvalue weighted by molar-refractivity contribution is 9.10. The number of fused-ring (bicyclic) bond motifs is 1. The Morgan fingerprint density at radius 1 is 1.13 bits per heavy atom. The number of nitrogens with zero attached hydrogens (tertiary/aromatic N) is 3. The molecule has 0 bridgehead atoms. The second-order valence-electron chi connectivity index (χ2n) is 4.92. The van der Waals surface area contributed by atoms with E-state index in [1.165, 1.54) is 19.3 Å². The van der Waals surface area contributed by atoms with Crippen LogP contribution in [0.4, 0.5) is 5.95 Å². The van der Waals surface area contributed by atoms with Gasteiger partial charge in [0.25, 0.3) is 11.8 Å². The van der Waals surface area contributed by atoms with Gasteiger partial charge in [0.1, 0.15) is 6.04 Å². The third-order valence-corrected chi connectivity index (χ3v) is 3.86. The molecule has 0 radical (unpaired) electrons. The van der Waals surface area contributed by atoms with Crippen LogP contribution in [-0.2, 0) is 4.79 Å². The molecule has 0 spiro atoms. The predicted octanol–water partition coefficient (Wildman–Crippen LogP) is 1.86. The topological polar surface area (TPSA) is 92.3 Å². The third kappa shape index (κ3) is 2.72. The Bertz CT molecular complexity index is 772. The lowest BCUT2D eigenvalue weighted by atomic mass is 10.1. The van der Waals surface area contributed by atoms with E-state index in [0.717, 1.165) is 4.90 Å². The number of benzene rings is 1. The Labute approximate surface area is 139 Å². The van der Waals surface area contributed by atoms with Crippen LogP contribution in [0.1, 0.15) is 27.6 Å². The van der Waals surface area contributed by atoms with Gasteiger partial charge in [-0.25, -0.2) is 9.97 Å². The normalized spacial score (nSPS) is 14.6. The second kappa shape index (κ2) is 5.88. The van der Waals surface area contributed by atoms with Gasteiger partial charge in [-0.1, -0.05) is 12.1 Å². The molecule has 0 aliphatic carbocycles. The van der Waals surface area contributed by atoms with Gasteiger partial charge < -0.3 is 0 Å². The first-order valence-corrected chi connectivity index (χ1v) is 7.53. The first-order valence-electron chi connectivity index (χ1n) is 6.74. The molecule has 2 aromatic rings. The van der Waals surface area contributed by atoms with Crippen LogP contribution in [0.3, 0.4) is 0 Å². The quantitative estimate of drug-likeness (QED) is 0.827. The Hall–Kier alpha value is -2.61. The van der Waals surface area contributed by atoms with Gasteiger partial charge in [0, 0.05) is 12.4 Å². The van der Waals surface area contributed by atoms with Gasteiger partial charge in [0.2, 0.25) is 11.9 Å². The molecule has 116 valence electrons. The summed E-state index contributed by atoms with van der Waals surface area (Å²) >= 11 is 3.19. The van der Waals surface area contributed by atoms with Crippen LogP contribution in [0.15, 0.2) is 41.1 Å². The van der Waals surface area contributed by atoms with Gasteiger partial charge in [-0.2, -0.15) is 0 Å². The Morgan fingerprint density at radius 2 is 1.65 bits per heavy atom. The van der Waals surface area contributed by atoms with Crippen LogP contribution < -0.4 is 5.32 Å². The summed E-state index contributed by atoms with van der Waals surface area (Å²) < 4.78 is 0.670. The summed E-state index contributed by atoms with van der Waals surface area (Å²) in [6.07, 6.45) is 2.96. The Kier molecular flexibility index (Phi) is 3.91. The van der Waals surface area contributed by atoms with E-state index in [9.17, 15) is 14.4 Å². The van der Waals surface area contributed by atoms with Crippen molar-refractivity contribution in [3.05, 3.63) is 52.3 Å². The van der Waals surface area contributed by atoms with Crippen LogP contribution >= 0.6 is 15.9 Å². The fourth-order valence-electron chi connectivity index (χ4n) is 2.27. The van der Waals surface area contributed by atoms with Crippen LogP contribution in [-0.4, -0.2) is 38.6 Å². The summed E-state index contributed by atoms with van der Waals surface area (Å²) in [5, 5.41) is 2.49. The van der Waals surface area contributed by atoms with E-state index in [0.29, 0.717) is 15.6 Å². The average Bonchev–Trinajstić information content (AvgIpc) is 2.81. The number of amides is 3. The van der Waals surface area contributed by atoms with Crippen LogP contribution in [0, 0.1) is 0 Å². The molecular weight excluding hydrogens is 364 g/mol. The number of carbonyl (C=O) groups excluding carboxylic acids is 3. The van der Waals surface area contributed by atoms with Gasteiger partial charge in [-0.3, -0.25) is 24.6 Å². The molecule has 3 rings (SSSR count). The molecule has 2 heterocycles. The van der Waals surface area contributed by atoms with E-state index in [2.05, 4.69) is 31.2 Å². The number of hydrogen-bond donors (Lipinski definition) is 1. The van der Waals surface area contributed by atoms with Crippen LogP contribution in [0.5, 0.6) is 0 Å². The number of carbonyl (C=O) groups is 3. The maximum atomic E-state index is 12.3. The smallest absolute Gasteiger partial charge is 0.262 e. The van der Waals surface area contributed by atoms with Crippen LogP contribution in [0.25, 0.3) is 0 Å². The largest absolute Gasteiger partial charge is 0.293 e. The minimum atomic E-state index is -0.977. The van der Waals surface area contributed by atoms with Crippen molar-refractivity contribution in [2.24, 2.45) is 0 Å². The molecule has 23 heavy (non-hydrogen) atoms. The molecule has 1 aromatic heterocycles. The lowest BCUT2D eigenvalue weighted by molar-refractivity contribution is -0.119. The molecule has 1 N–H and O–H groups in total. The van der Waals surface area contributed by atoms with Crippen molar-refractivity contribution in [2.45, 2.75) is 13.0 Å². The number of anilines is 1. The first-order chi connectivity index (χ1) is 11.0. The second-order valence-corrected chi connectivity index (χ2v) is 5.83. The molecule has 1 atom stereocenters. The van der Waals surface area contributed by atoms with Gasteiger partial charge in [0.05, 0.1) is 15.6 Å². The lowest BCUT2D eigenvalue weighted by Crippen LogP contribution is -2.45. The van der Waals surface area contributed by atoms with Crippen molar-refractivity contribution < 1.29 is 14.4 Å². The molecule has 0 saturated heterocycles. The Morgan fingerprint density at radius 3 is 2.17 bits per heavy atom. The summed E-state index contributed by atoms with van der Waals surface area (Å²) in [6.45, 7) is 1.48. The van der Waals surface area contributed by atoms with Gasteiger partial charge >= 0.3 is 0 Å². The zero-order valence-corrected chi connectivity index (χ0v) is 13.6. The van der Waals surface area contributed by atoms with Crippen molar-refractivity contribution in [3.63, 3.8) is 0 Å². The molecule has 8 heteroatoms. The SMILES string of the molecule is CC(C(=O)Nc1ncc(Br)cn1)N1C(=O)c2ccccc2C1=O. The highest BCUT2D eigenvalue weighted by Gasteiger charge is 2.40. The zero-order valence-electron chi connectivity index (χ0n) is 12.0. The molecule has 1 aromatic carbocycles. The third-order valence-electron chi connectivity index (χ3n) is 3.45. The monoisotopic (exact) mass is 374 g/mol. The minimum Gasteiger partial charge on any atom is -0.293 e. The molecule has 1 aliphatic rings. The highest BCUT2D eigenvalue weighted by atomic mass is 79.9. The molecule has 1 unspecified atom stereocenters. The van der Waals surface area contributed by atoms with Gasteiger partial charge in [-0.05, 0) is 35.0 Å². The summed E-state index contributed by atoms with van der Waals surface area (Å²) in [6, 6.07) is 5.51. The van der Waals surface area contributed by atoms with E-state index in [1.807, 2.05) is 0 Å². The fourth-order valence-corrected chi connectivity index (χ4v) is 2.47. The van der Waals surface area contributed by atoms with Gasteiger partial charge in [0.15, 0.2) is 0 Å². The number of halogens is 1. The summed E-state index contributed by atoms with van der Waals surface area (Å²) in [5.41, 5.74) is 0.606. The standard InChI is InChI=1S/C15H11BrN4O3/c1-8(12(21)19-15-17-6-9(16)7-18-15)20-13(22)10-4-2-3-5-11(10)14(20)23/h2-8H,1H3,(H,17,18,19,21). The summed E-state index contributed by atoms with van der Waals surface area (Å²) in [5.74, 6) is -1.40. The molecule has 0 saturated carbocycles. The number of nitrogens with one attached hydrogen (secondary N) is 1. The van der Waals surface area contributed by atoms with E-state index in [4.69, 9.17) is 0 Å². The first kappa shape index (κ1) is 15.3. The number of imide groups is 1. The van der Waals surface area contributed by atoms with E-state index < -0.39 is 23.8 Å². The van der Waals surface area contributed by atoms with Crippen LogP contribution in [0.2, 0.25) is 0 Å². The average molecular weight is 375 g/mol. The maximum Gasteiger partial charge on any atom is 0.262 e. The summed E-state index contributed by atoms with van der Waals surface area (Å²) in [7, 11) is 0. The van der Waals surface area contributed by atoms with Crippen molar-refractivity contribution in [1.29, 1.82) is 0 Å². The van der Waals surface area contributed by atoms with E-state index in [-0.39, 0.29) is 5.95 Å². The molecule has 7 nitrogen and oxygen atoms in total. The molecule has 1 aliphatic heterocycles. The van der Waals surface area contributed by atoms with E-state index >= 15 is 0 Å². The zero-order chi connectivity index (χ0) is 16.6. The molecule has 3 amide bonds. The van der Waals surface area contributed by atoms with Crippen molar-refractivity contribution in [3.8, 4) is 0 Å². The molecular formula is C15H11BrN4O3. The molecule has 0 fully saturated rings. The minimum absolute atomic E-state index is 0.0988. The van der Waals surface area contributed by atoms with E-state index in [1.54, 1.807) is 24.3 Å². The highest BCUT2D eigenvalue weighted by Crippen LogP contribution is 2.24. The number of hydrogen-bond acceptors (Lipinski definition) is 5. The summed E-state index contributed by atoms with van der Waals surface area (Å²) in [4.78, 5) is 45.7. The van der Waals surface area contributed by atoms with Crippen molar-refractivity contribution in [1.82, 2.24) is 14.9 Å². The van der Waals surface area contributed by atoms with Crippen molar-refractivity contribution in [2.75, 3.05) is 5.32 Å². The number of aromatic nitrogens is 2. The van der Waals surface area contributed by atoms with Gasteiger partial charge in [-0.15, -0.1) is 0 Å². The fraction of sp³-hybridized carbons (Fsp3) is 0.133.